The summed E-state index contributed by atoms with van der Waals surface area (Å²) in [6.45, 7) is 1.37. The van der Waals surface area contributed by atoms with Crippen LogP contribution in [-0.4, -0.2) is 19.1 Å². The van der Waals surface area contributed by atoms with Crippen LogP contribution in [0.25, 0.3) is 0 Å². The fourth-order valence-electron chi connectivity index (χ4n) is 3.42. The van der Waals surface area contributed by atoms with E-state index in [4.69, 9.17) is 0 Å². The van der Waals surface area contributed by atoms with Crippen molar-refractivity contribution >= 4 is 11.6 Å². The van der Waals surface area contributed by atoms with Crippen LogP contribution in [0, 0.1) is 0 Å². The molecule has 1 amide bonds. The number of para-hydroxylation sites is 1. The van der Waals surface area contributed by atoms with Crippen molar-refractivity contribution in [2.75, 3.05) is 11.9 Å². The lowest BCUT2D eigenvalue weighted by molar-refractivity contribution is -0.115. The summed E-state index contributed by atoms with van der Waals surface area (Å²) in [5, 5.41) is 6.26. The Morgan fingerprint density at radius 1 is 0.871 bits per heavy atom. The number of carbonyl (C=O) groups is 1. The van der Waals surface area contributed by atoms with Gasteiger partial charge >= 0.3 is 6.61 Å². The first-order valence-electron chi connectivity index (χ1n) is 10.2. The number of nitrogens with one attached hydrogen (secondary N) is 2. The molecule has 3 rings (SSSR count). The average Bonchev–Trinajstić information content (AvgIpc) is 2.75. The molecule has 0 radical (unpaired) electrons. The van der Waals surface area contributed by atoms with E-state index in [1.54, 1.807) is 12.1 Å². The number of alkyl halides is 2. The molecule has 0 spiro atoms. The highest BCUT2D eigenvalue weighted by Gasteiger charge is 2.16. The van der Waals surface area contributed by atoms with Gasteiger partial charge in [0.1, 0.15) is 5.75 Å². The summed E-state index contributed by atoms with van der Waals surface area (Å²) in [5.74, 6) is 0.218. The molecule has 0 saturated heterocycles. The fourth-order valence-corrected chi connectivity index (χ4v) is 3.42. The predicted molar refractivity (Wildman–Crippen MR) is 119 cm³/mol. The van der Waals surface area contributed by atoms with Gasteiger partial charge in [-0.05, 0) is 40.8 Å². The molecular formula is C25H26F2N2O2. The number of amides is 1. The summed E-state index contributed by atoms with van der Waals surface area (Å²) in [7, 11) is 0. The number of carbonyl (C=O) groups excluding carboxylic acids is 1. The maximum atomic E-state index is 12.7. The smallest absolute Gasteiger partial charge is 0.387 e. The first-order chi connectivity index (χ1) is 14.9. The predicted octanol–water partition coefficient (Wildman–Crippen LogP) is 5.73. The number of ether oxygens (including phenoxy) is 1. The van der Waals surface area contributed by atoms with Crippen LogP contribution >= 0.6 is 0 Å². The van der Waals surface area contributed by atoms with Crippen LogP contribution in [-0.2, 0) is 4.79 Å². The van der Waals surface area contributed by atoms with Gasteiger partial charge in [-0.25, -0.2) is 0 Å². The topological polar surface area (TPSA) is 50.4 Å². The van der Waals surface area contributed by atoms with E-state index in [0.717, 1.165) is 22.4 Å². The molecule has 0 aliphatic heterocycles. The van der Waals surface area contributed by atoms with Crippen molar-refractivity contribution in [1.29, 1.82) is 0 Å². The van der Waals surface area contributed by atoms with Crippen molar-refractivity contribution in [2.24, 2.45) is 0 Å². The molecule has 162 valence electrons. The number of benzene rings is 3. The average molecular weight is 424 g/mol. The maximum absolute atomic E-state index is 12.7. The third-order valence-corrected chi connectivity index (χ3v) is 4.90. The second-order valence-corrected chi connectivity index (χ2v) is 7.46. The van der Waals surface area contributed by atoms with Crippen LogP contribution in [0.15, 0.2) is 78.9 Å². The van der Waals surface area contributed by atoms with Gasteiger partial charge in [0.2, 0.25) is 5.91 Å². The number of anilines is 1. The van der Waals surface area contributed by atoms with Gasteiger partial charge in [-0.15, -0.1) is 0 Å². The summed E-state index contributed by atoms with van der Waals surface area (Å²) in [4.78, 5) is 12.7. The first kappa shape index (κ1) is 22.4. The Morgan fingerprint density at radius 2 is 1.48 bits per heavy atom. The summed E-state index contributed by atoms with van der Waals surface area (Å²) in [6, 6.07) is 23.5. The minimum absolute atomic E-state index is 0.0846. The van der Waals surface area contributed by atoms with Crippen LogP contribution in [0.2, 0.25) is 0 Å². The molecule has 0 unspecified atom stereocenters. The highest BCUT2D eigenvalue weighted by Crippen LogP contribution is 2.26. The molecule has 0 aliphatic rings. The first-order valence-corrected chi connectivity index (χ1v) is 10.2. The molecule has 3 aromatic carbocycles. The van der Waals surface area contributed by atoms with Crippen LogP contribution in [0.4, 0.5) is 14.5 Å². The van der Waals surface area contributed by atoms with E-state index in [1.165, 1.54) is 12.1 Å². The van der Waals surface area contributed by atoms with E-state index < -0.39 is 6.61 Å². The van der Waals surface area contributed by atoms with Crippen molar-refractivity contribution in [1.82, 2.24) is 5.32 Å². The highest BCUT2D eigenvalue weighted by atomic mass is 19.3. The molecule has 0 aromatic heterocycles. The van der Waals surface area contributed by atoms with Gasteiger partial charge in [-0.2, -0.15) is 8.78 Å². The molecule has 0 bridgehead atoms. The molecule has 6 heteroatoms. The Kier molecular flexibility index (Phi) is 7.73. The van der Waals surface area contributed by atoms with Crippen molar-refractivity contribution in [3.05, 3.63) is 95.6 Å². The zero-order chi connectivity index (χ0) is 22.2. The minimum atomic E-state index is -2.87. The van der Waals surface area contributed by atoms with E-state index in [-0.39, 0.29) is 30.2 Å². The normalized spacial score (nSPS) is 12.1. The van der Waals surface area contributed by atoms with Gasteiger partial charge in [0.15, 0.2) is 0 Å². The summed E-state index contributed by atoms with van der Waals surface area (Å²) in [5.41, 5.74) is 3.67. The SMILES string of the molecule is CC(C)c1ccccc1NC(=O)CN[C@@H](c1ccccc1)c1ccc(OC(F)F)cc1. The molecule has 0 fully saturated rings. The lowest BCUT2D eigenvalue weighted by Crippen LogP contribution is -2.32. The van der Waals surface area contributed by atoms with E-state index >= 15 is 0 Å². The van der Waals surface area contributed by atoms with Gasteiger partial charge in [0, 0.05) is 5.69 Å². The molecule has 1 atom stereocenters. The molecule has 31 heavy (non-hydrogen) atoms. The highest BCUT2D eigenvalue weighted by molar-refractivity contribution is 5.93. The Morgan fingerprint density at radius 3 is 2.13 bits per heavy atom. The van der Waals surface area contributed by atoms with Gasteiger partial charge in [-0.3, -0.25) is 10.1 Å². The van der Waals surface area contributed by atoms with Crippen molar-refractivity contribution in [3.63, 3.8) is 0 Å². The van der Waals surface area contributed by atoms with Gasteiger partial charge in [0.05, 0.1) is 12.6 Å². The molecular weight excluding hydrogens is 398 g/mol. The lowest BCUT2D eigenvalue weighted by Gasteiger charge is -2.21. The largest absolute Gasteiger partial charge is 0.435 e. The number of hydrogen-bond acceptors (Lipinski definition) is 3. The van der Waals surface area contributed by atoms with Crippen molar-refractivity contribution in [2.45, 2.75) is 32.4 Å². The minimum Gasteiger partial charge on any atom is -0.435 e. The molecule has 2 N–H and O–H groups in total. The summed E-state index contributed by atoms with van der Waals surface area (Å²) in [6.07, 6.45) is 0. The zero-order valence-electron chi connectivity index (χ0n) is 17.5. The quantitative estimate of drug-likeness (QED) is 0.461. The Hall–Kier alpha value is -3.25. The fraction of sp³-hybridized carbons (Fsp3) is 0.240. The number of hydrogen-bond donors (Lipinski definition) is 2. The molecule has 3 aromatic rings. The number of rotatable bonds is 9. The van der Waals surface area contributed by atoms with Crippen LogP contribution in [0.1, 0.15) is 42.5 Å². The van der Waals surface area contributed by atoms with Crippen LogP contribution in [0.3, 0.4) is 0 Å². The molecule has 0 heterocycles. The molecule has 0 aliphatic carbocycles. The van der Waals surface area contributed by atoms with E-state index in [2.05, 4.69) is 29.2 Å². The third-order valence-electron chi connectivity index (χ3n) is 4.90. The Bertz CT molecular complexity index is 976. The summed E-state index contributed by atoms with van der Waals surface area (Å²) < 4.78 is 29.3. The molecule has 4 nitrogen and oxygen atoms in total. The van der Waals surface area contributed by atoms with Gasteiger partial charge < -0.3 is 10.1 Å². The van der Waals surface area contributed by atoms with E-state index in [1.807, 2.05) is 54.6 Å². The van der Waals surface area contributed by atoms with Gasteiger partial charge in [-0.1, -0.05) is 74.5 Å². The summed E-state index contributed by atoms with van der Waals surface area (Å²) >= 11 is 0. The number of halogens is 2. The van der Waals surface area contributed by atoms with Crippen molar-refractivity contribution < 1.29 is 18.3 Å². The monoisotopic (exact) mass is 424 g/mol. The van der Waals surface area contributed by atoms with E-state index in [0.29, 0.717) is 0 Å². The lowest BCUT2D eigenvalue weighted by atomic mass is 9.98. The standard InChI is InChI=1S/C25H26F2N2O2/c1-17(2)21-10-6-7-11-22(21)29-23(30)16-28-24(18-8-4-3-5-9-18)19-12-14-20(15-13-19)31-25(26)27/h3-15,17,24-25,28H,16H2,1-2H3,(H,29,30)/t24-/m0/s1. The van der Waals surface area contributed by atoms with E-state index in [9.17, 15) is 13.6 Å². The Labute approximate surface area is 181 Å². The molecule has 0 saturated carbocycles. The van der Waals surface area contributed by atoms with Gasteiger partial charge in [0.25, 0.3) is 0 Å². The maximum Gasteiger partial charge on any atom is 0.387 e. The van der Waals surface area contributed by atoms with Crippen LogP contribution in [0.5, 0.6) is 5.75 Å². The second kappa shape index (κ2) is 10.7. The zero-order valence-corrected chi connectivity index (χ0v) is 17.5. The van der Waals surface area contributed by atoms with Crippen molar-refractivity contribution in [3.8, 4) is 5.75 Å². The Balaban J connectivity index is 1.73. The second-order valence-electron chi connectivity index (χ2n) is 7.46. The van der Waals surface area contributed by atoms with Crippen LogP contribution < -0.4 is 15.4 Å². The third kappa shape index (κ3) is 6.36.